The number of anilines is 2. The van der Waals surface area contributed by atoms with E-state index in [1.54, 1.807) is 0 Å². The molecular weight excluding hydrogens is 753 g/mol. The van der Waals surface area contributed by atoms with E-state index in [2.05, 4.69) is 233 Å². The summed E-state index contributed by atoms with van der Waals surface area (Å²) in [5.41, 5.74) is 15.9. The van der Waals surface area contributed by atoms with Crippen LogP contribution in [0.1, 0.15) is 94.4 Å². The monoisotopic (exact) mass is 812 g/mol. The van der Waals surface area contributed by atoms with E-state index in [1.807, 2.05) is 0 Å². The van der Waals surface area contributed by atoms with Gasteiger partial charge in [-0.05, 0) is 128 Å². The zero-order valence-electron chi connectivity index (χ0n) is 37.2. The molecule has 3 aromatic carbocycles. The first-order valence-electron chi connectivity index (χ1n) is 22.7. The average molecular weight is 813 g/mol. The SMILES string of the molecule is C/C=C\C=C(/C)c1c(-c2ccccc2)n(C2NC=CCC2C)c2cc(N(c3ccccc3C3(C)C=CC=CC3)C3C=C(c4cc(C5=CC=CCC5C)c(C)cn4)C=CC3)ccc12. The predicted molar refractivity (Wildman–Crippen MR) is 265 cm³/mol. The van der Waals surface area contributed by atoms with Crippen LogP contribution in [-0.4, -0.2) is 15.6 Å². The van der Waals surface area contributed by atoms with Crippen molar-refractivity contribution in [1.29, 1.82) is 0 Å². The zero-order valence-corrected chi connectivity index (χ0v) is 37.2. The van der Waals surface area contributed by atoms with Gasteiger partial charge in [0.05, 0.1) is 22.9 Å². The summed E-state index contributed by atoms with van der Waals surface area (Å²) in [5.74, 6) is 0.846. The molecule has 5 atom stereocenters. The molecule has 0 amide bonds. The van der Waals surface area contributed by atoms with Crippen molar-refractivity contribution in [3.8, 4) is 11.3 Å². The van der Waals surface area contributed by atoms with Gasteiger partial charge in [0.1, 0.15) is 6.17 Å². The molecule has 5 aromatic rings. The minimum absolute atomic E-state index is 0.0325. The molecule has 62 heavy (non-hydrogen) atoms. The van der Waals surface area contributed by atoms with Gasteiger partial charge in [-0.25, -0.2) is 0 Å². The highest BCUT2D eigenvalue weighted by molar-refractivity contribution is 6.02. The van der Waals surface area contributed by atoms with Gasteiger partial charge < -0.3 is 14.8 Å². The van der Waals surface area contributed by atoms with E-state index in [1.165, 1.54) is 66.9 Å². The van der Waals surface area contributed by atoms with Gasteiger partial charge in [0.15, 0.2) is 0 Å². The maximum atomic E-state index is 5.09. The fraction of sp³-hybridized carbons (Fsp3) is 0.259. The van der Waals surface area contributed by atoms with Crippen LogP contribution in [0.15, 0.2) is 176 Å². The number of allylic oxidation sites excluding steroid dienone is 15. The highest BCUT2D eigenvalue weighted by Crippen LogP contribution is 2.47. The zero-order chi connectivity index (χ0) is 42.8. The lowest BCUT2D eigenvalue weighted by Crippen LogP contribution is -2.33. The molecule has 4 heteroatoms. The third-order valence-corrected chi connectivity index (χ3v) is 13.5. The lowest BCUT2D eigenvalue weighted by Gasteiger charge is -2.38. The van der Waals surface area contributed by atoms with Gasteiger partial charge in [0.25, 0.3) is 0 Å². The first-order valence-corrected chi connectivity index (χ1v) is 22.7. The topological polar surface area (TPSA) is 33.1 Å². The van der Waals surface area contributed by atoms with Gasteiger partial charge in [-0.1, -0.05) is 160 Å². The van der Waals surface area contributed by atoms with Crippen LogP contribution in [0, 0.1) is 18.8 Å². The van der Waals surface area contributed by atoms with Crippen LogP contribution >= 0.6 is 0 Å². The fourth-order valence-corrected chi connectivity index (χ4v) is 10.1. The molecule has 312 valence electrons. The van der Waals surface area contributed by atoms with Gasteiger partial charge in [0.2, 0.25) is 0 Å². The second kappa shape index (κ2) is 17.5. The lowest BCUT2D eigenvalue weighted by molar-refractivity contribution is 0.317. The highest BCUT2D eigenvalue weighted by atomic mass is 15.2. The first kappa shape index (κ1) is 41.0. The molecule has 1 N–H and O–H groups in total. The van der Waals surface area contributed by atoms with Crippen LogP contribution in [0.3, 0.4) is 0 Å². The average Bonchev–Trinajstić information content (AvgIpc) is 3.64. The summed E-state index contributed by atoms with van der Waals surface area (Å²) in [6.45, 7) is 13.6. The molecule has 0 bridgehead atoms. The Morgan fingerprint density at radius 3 is 2.53 bits per heavy atom. The summed E-state index contributed by atoms with van der Waals surface area (Å²) < 4.78 is 2.61. The summed E-state index contributed by atoms with van der Waals surface area (Å²) in [6.07, 6.45) is 40.0. The Morgan fingerprint density at radius 2 is 1.74 bits per heavy atom. The Kier molecular flexibility index (Phi) is 11.6. The summed E-state index contributed by atoms with van der Waals surface area (Å²) in [4.78, 5) is 7.71. The molecule has 5 unspecified atom stereocenters. The number of hydrogen-bond acceptors (Lipinski definition) is 3. The molecule has 3 aliphatic carbocycles. The molecule has 4 aliphatic rings. The predicted octanol–water partition coefficient (Wildman–Crippen LogP) is 14.9. The normalized spacial score (nSPS) is 23.5. The van der Waals surface area contributed by atoms with Crippen LogP contribution < -0.4 is 10.2 Å². The number of fused-ring (bicyclic) bond motifs is 1. The number of aromatic nitrogens is 2. The number of rotatable bonds is 10. The van der Waals surface area contributed by atoms with Crippen molar-refractivity contribution in [2.75, 3.05) is 4.90 Å². The van der Waals surface area contributed by atoms with E-state index in [4.69, 9.17) is 4.98 Å². The van der Waals surface area contributed by atoms with Crippen molar-refractivity contribution in [2.45, 2.75) is 84.8 Å². The van der Waals surface area contributed by atoms with E-state index in [0.717, 1.165) is 37.0 Å². The molecule has 1 aliphatic heterocycles. The van der Waals surface area contributed by atoms with Crippen molar-refractivity contribution >= 4 is 39.0 Å². The van der Waals surface area contributed by atoms with Crippen molar-refractivity contribution in [3.05, 3.63) is 204 Å². The quantitative estimate of drug-likeness (QED) is 0.143. The third kappa shape index (κ3) is 7.72. The van der Waals surface area contributed by atoms with E-state index in [9.17, 15) is 0 Å². The molecule has 0 fully saturated rings. The van der Waals surface area contributed by atoms with E-state index in [-0.39, 0.29) is 17.6 Å². The van der Waals surface area contributed by atoms with E-state index >= 15 is 0 Å². The Bertz CT molecular complexity index is 2760. The van der Waals surface area contributed by atoms with Gasteiger partial charge >= 0.3 is 0 Å². The number of aryl methyl sites for hydroxylation is 1. The first-order chi connectivity index (χ1) is 30.3. The molecule has 3 heterocycles. The Morgan fingerprint density at radius 1 is 0.903 bits per heavy atom. The summed E-state index contributed by atoms with van der Waals surface area (Å²) in [7, 11) is 0. The van der Waals surface area contributed by atoms with E-state index < -0.39 is 0 Å². The molecular formula is C58H60N4. The maximum absolute atomic E-state index is 5.09. The lowest BCUT2D eigenvalue weighted by atomic mass is 9.76. The number of benzene rings is 3. The van der Waals surface area contributed by atoms with Gasteiger partial charge in [0, 0.05) is 33.9 Å². The summed E-state index contributed by atoms with van der Waals surface area (Å²) in [5, 5.41) is 5.09. The van der Waals surface area contributed by atoms with Gasteiger partial charge in [-0.2, -0.15) is 0 Å². The third-order valence-electron chi connectivity index (χ3n) is 13.5. The van der Waals surface area contributed by atoms with Crippen LogP contribution in [0.25, 0.3) is 38.9 Å². The molecule has 0 radical (unpaired) electrons. The van der Waals surface area contributed by atoms with Crippen LogP contribution in [0.4, 0.5) is 11.4 Å². The Balaban J connectivity index is 1.28. The van der Waals surface area contributed by atoms with Crippen LogP contribution in [0.5, 0.6) is 0 Å². The van der Waals surface area contributed by atoms with Gasteiger partial charge in [-0.3, -0.25) is 4.98 Å². The maximum Gasteiger partial charge on any atom is 0.106 e. The standard InChI is InChI=1S/C58H60N4/c1-7-8-21-41(3)55-49-32-31-47(37-54(49)62(57-42(4)23-20-35-59-57)56(55)44-24-11-9-12-25-44)61(53-30-16-15-29-51(53)58(6)33-17-10-18-34-58)46-27-19-26-45(36-46)52-38-50(43(5)39-60-52)48-28-14-13-22-40(48)2/h7-21,24-26,28-33,35-40,42,46,57,59H,22-23,27,34H2,1-6H3/b8-7-,41-21+. The summed E-state index contributed by atoms with van der Waals surface area (Å²) in [6, 6.07) is 29.7. The minimum atomic E-state index is -0.159. The molecule has 9 rings (SSSR count). The Labute approximate surface area is 369 Å². The highest BCUT2D eigenvalue weighted by Gasteiger charge is 2.33. The van der Waals surface area contributed by atoms with Crippen molar-refractivity contribution in [3.63, 3.8) is 0 Å². The number of nitrogens with one attached hydrogen (secondary N) is 1. The van der Waals surface area contributed by atoms with Crippen LogP contribution in [-0.2, 0) is 5.41 Å². The number of hydrogen-bond donors (Lipinski definition) is 1. The largest absolute Gasteiger partial charge is 0.371 e. The molecule has 2 aromatic heterocycles. The number of para-hydroxylation sites is 1. The molecule has 0 spiro atoms. The Hall–Kier alpha value is -6.39. The van der Waals surface area contributed by atoms with Crippen LogP contribution in [0.2, 0.25) is 0 Å². The second-order valence-electron chi connectivity index (χ2n) is 18.0. The molecule has 4 nitrogen and oxygen atoms in total. The summed E-state index contributed by atoms with van der Waals surface area (Å²) >= 11 is 0. The smallest absolute Gasteiger partial charge is 0.106 e. The minimum Gasteiger partial charge on any atom is -0.371 e. The van der Waals surface area contributed by atoms with Gasteiger partial charge in [-0.15, -0.1) is 0 Å². The molecule has 0 saturated heterocycles. The van der Waals surface area contributed by atoms with Crippen molar-refractivity contribution in [1.82, 2.24) is 14.9 Å². The van der Waals surface area contributed by atoms with Crippen molar-refractivity contribution < 1.29 is 0 Å². The molecule has 0 saturated carbocycles. The van der Waals surface area contributed by atoms with Crippen molar-refractivity contribution in [2.24, 2.45) is 11.8 Å². The second-order valence-corrected chi connectivity index (χ2v) is 18.0. The fourth-order valence-electron chi connectivity index (χ4n) is 10.1. The van der Waals surface area contributed by atoms with E-state index in [0.29, 0.717) is 11.8 Å². The number of pyridine rings is 1. The number of nitrogens with zero attached hydrogens (tertiary/aromatic N) is 3.